The van der Waals surface area contributed by atoms with Gasteiger partial charge in [-0.3, -0.25) is 0 Å². The molecule has 2 heterocycles. The van der Waals surface area contributed by atoms with Crippen molar-refractivity contribution in [2.75, 3.05) is 0 Å². The normalized spacial score (nSPS) is 13.5. The summed E-state index contributed by atoms with van der Waals surface area (Å²) in [6.07, 6.45) is 13.3. The van der Waals surface area contributed by atoms with Gasteiger partial charge < -0.3 is 9.42 Å². The third-order valence-corrected chi connectivity index (χ3v) is 4.65. The van der Waals surface area contributed by atoms with Crippen LogP contribution in [0.4, 0.5) is 4.39 Å². The number of aryl methyl sites for hydroxylation is 1. The maximum atomic E-state index is 13.6. The first-order valence-corrected chi connectivity index (χ1v) is 9.18. The summed E-state index contributed by atoms with van der Waals surface area (Å²) < 4.78 is 18.8. The van der Waals surface area contributed by atoms with Crippen molar-refractivity contribution >= 4 is 11.0 Å². The molecule has 0 radical (unpaired) electrons. The van der Waals surface area contributed by atoms with Crippen LogP contribution in [0.2, 0.25) is 0 Å². The van der Waals surface area contributed by atoms with E-state index in [2.05, 4.69) is 65.0 Å². The van der Waals surface area contributed by atoms with Crippen LogP contribution in [0.25, 0.3) is 11.0 Å². The van der Waals surface area contributed by atoms with Crippen molar-refractivity contribution in [3.63, 3.8) is 0 Å². The highest BCUT2D eigenvalue weighted by atomic mass is 19.1. The molecule has 0 bridgehead atoms. The van der Waals surface area contributed by atoms with Crippen LogP contribution >= 0.6 is 0 Å². The number of benzene rings is 2. The Morgan fingerprint density at radius 2 is 1.81 bits per heavy atom. The summed E-state index contributed by atoms with van der Waals surface area (Å²) in [5, 5.41) is 4.79. The number of aromatic nitrogens is 1. The number of hydrogen-bond acceptors (Lipinski definition) is 3. The molecule has 136 valence electrons. The molecule has 1 aliphatic heterocycles. The molecular weight excluding hydrogens is 339 g/mol. The summed E-state index contributed by atoms with van der Waals surface area (Å²) in [6, 6.07) is 15.4. The van der Waals surface area contributed by atoms with Crippen LogP contribution in [0.1, 0.15) is 24.1 Å². The smallest absolute Gasteiger partial charge is 0.202 e. The van der Waals surface area contributed by atoms with Crippen LogP contribution in [0.5, 0.6) is 0 Å². The molecule has 4 heteroatoms. The lowest BCUT2D eigenvalue weighted by Crippen LogP contribution is -2.11. The zero-order valence-corrected chi connectivity index (χ0v) is 15.0. The van der Waals surface area contributed by atoms with Crippen LogP contribution in [0.3, 0.4) is 0 Å². The van der Waals surface area contributed by atoms with E-state index >= 15 is 0 Å². The molecule has 0 spiro atoms. The van der Waals surface area contributed by atoms with Gasteiger partial charge in [-0.25, -0.2) is 4.39 Å². The van der Waals surface area contributed by atoms with Crippen molar-refractivity contribution in [2.24, 2.45) is 0 Å². The molecule has 0 saturated heterocycles. The number of rotatable bonds is 6. The molecule has 0 N–H and O–H groups in total. The lowest BCUT2D eigenvalue weighted by Gasteiger charge is -2.18. The van der Waals surface area contributed by atoms with Gasteiger partial charge in [0, 0.05) is 24.3 Å². The Bertz CT molecular complexity index is 986. The molecule has 27 heavy (non-hydrogen) atoms. The first kappa shape index (κ1) is 17.3. The number of allylic oxidation sites excluding steroid dienone is 4. The summed E-state index contributed by atoms with van der Waals surface area (Å²) >= 11 is 0. The second kappa shape index (κ2) is 8.04. The fraction of sp³-hybridized carbons (Fsp3) is 0.174. The Hall–Kier alpha value is -3.14. The zero-order chi connectivity index (χ0) is 18.5. The monoisotopic (exact) mass is 360 g/mol. The van der Waals surface area contributed by atoms with E-state index in [1.807, 2.05) is 12.1 Å². The van der Waals surface area contributed by atoms with Crippen LogP contribution < -0.4 is 0 Å². The van der Waals surface area contributed by atoms with Crippen molar-refractivity contribution in [2.45, 2.75) is 25.8 Å². The maximum absolute atomic E-state index is 13.6. The Balaban J connectivity index is 1.29. The van der Waals surface area contributed by atoms with E-state index in [1.54, 1.807) is 6.07 Å². The van der Waals surface area contributed by atoms with Crippen molar-refractivity contribution in [1.29, 1.82) is 0 Å². The Kier molecular flexibility index (Phi) is 5.15. The van der Waals surface area contributed by atoms with Gasteiger partial charge in [0.15, 0.2) is 5.82 Å². The van der Waals surface area contributed by atoms with Crippen molar-refractivity contribution in [3.05, 3.63) is 102 Å². The van der Waals surface area contributed by atoms with Crippen molar-refractivity contribution in [3.8, 4) is 0 Å². The fourth-order valence-electron chi connectivity index (χ4n) is 3.20. The van der Waals surface area contributed by atoms with Gasteiger partial charge in [-0.2, -0.15) is 0 Å². The largest absolute Gasteiger partial charge is 0.353 e. The molecule has 0 unspecified atom stereocenters. The minimum atomic E-state index is -0.356. The first-order valence-electron chi connectivity index (χ1n) is 9.18. The molecule has 0 saturated carbocycles. The molecule has 2 aromatic carbocycles. The van der Waals surface area contributed by atoms with E-state index in [-0.39, 0.29) is 11.4 Å². The summed E-state index contributed by atoms with van der Waals surface area (Å²) in [4.78, 5) is 2.17. The molecule has 4 rings (SSSR count). The summed E-state index contributed by atoms with van der Waals surface area (Å²) in [5.74, 6) is -0.356. The number of unbranched alkanes of at least 4 members (excludes halogenated alkanes) is 1. The highest BCUT2D eigenvalue weighted by Crippen LogP contribution is 2.22. The van der Waals surface area contributed by atoms with Gasteiger partial charge >= 0.3 is 0 Å². The fourth-order valence-corrected chi connectivity index (χ4v) is 3.20. The van der Waals surface area contributed by atoms with Crippen molar-refractivity contribution < 1.29 is 8.91 Å². The first-order chi connectivity index (χ1) is 13.3. The van der Waals surface area contributed by atoms with Crippen LogP contribution in [-0.4, -0.2) is 10.1 Å². The van der Waals surface area contributed by atoms with Gasteiger partial charge in [0.05, 0.1) is 5.69 Å². The number of halogens is 1. The van der Waals surface area contributed by atoms with Crippen LogP contribution in [-0.2, 0) is 13.0 Å². The minimum absolute atomic E-state index is 0.252. The summed E-state index contributed by atoms with van der Waals surface area (Å²) in [7, 11) is 0. The van der Waals surface area contributed by atoms with Gasteiger partial charge in [-0.05, 0) is 54.7 Å². The SMILES string of the molecule is Fc1cccc2c(CCCC=C3C=CN(Cc4ccccc4)C=C3)noc12. The van der Waals surface area contributed by atoms with Crippen LogP contribution in [0.15, 0.2) is 89.3 Å². The molecule has 0 atom stereocenters. The highest BCUT2D eigenvalue weighted by molar-refractivity contribution is 5.79. The molecular formula is C23H21FN2O. The van der Waals surface area contributed by atoms with Gasteiger partial charge in [0.25, 0.3) is 0 Å². The molecule has 0 amide bonds. The molecule has 0 aliphatic carbocycles. The maximum Gasteiger partial charge on any atom is 0.202 e. The van der Waals surface area contributed by atoms with E-state index in [4.69, 9.17) is 4.52 Å². The third kappa shape index (κ3) is 4.17. The average Bonchev–Trinajstić information content (AvgIpc) is 3.12. The second-order valence-electron chi connectivity index (χ2n) is 6.63. The molecule has 3 nitrogen and oxygen atoms in total. The van der Waals surface area contributed by atoms with E-state index in [0.29, 0.717) is 0 Å². The molecule has 1 aromatic heterocycles. The van der Waals surface area contributed by atoms with Crippen molar-refractivity contribution in [1.82, 2.24) is 10.1 Å². The number of para-hydroxylation sites is 1. The number of hydrogen-bond donors (Lipinski definition) is 0. The molecule has 0 fully saturated rings. The lowest BCUT2D eigenvalue weighted by atomic mass is 10.1. The average molecular weight is 360 g/mol. The van der Waals surface area contributed by atoms with E-state index in [1.165, 1.54) is 17.2 Å². The molecule has 1 aliphatic rings. The Morgan fingerprint density at radius 1 is 1.00 bits per heavy atom. The standard InChI is InChI=1S/C23H21FN2O/c24-21-11-6-10-20-22(25-27-23(20)21)12-5-4-7-18-13-15-26(16-14-18)17-19-8-2-1-3-9-19/h1-3,6-11,13-16H,4-5,12,17H2. The summed E-state index contributed by atoms with van der Waals surface area (Å²) in [6.45, 7) is 0.872. The quantitative estimate of drug-likeness (QED) is 0.523. The predicted molar refractivity (Wildman–Crippen MR) is 105 cm³/mol. The highest BCUT2D eigenvalue weighted by Gasteiger charge is 2.11. The summed E-state index contributed by atoms with van der Waals surface area (Å²) in [5.41, 5.74) is 3.57. The lowest BCUT2D eigenvalue weighted by molar-refractivity contribution is 0.431. The van der Waals surface area contributed by atoms with E-state index in [9.17, 15) is 4.39 Å². The Labute approximate surface area is 158 Å². The second-order valence-corrected chi connectivity index (χ2v) is 6.63. The van der Waals surface area contributed by atoms with Gasteiger partial charge in [0.2, 0.25) is 5.58 Å². The van der Waals surface area contributed by atoms with Gasteiger partial charge in [-0.15, -0.1) is 0 Å². The minimum Gasteiger partial charge on any atom is -0.353 e. The van der Waals surface area contributed by atoms with Gasteiger partial charge in [-0.1, -0.05) is 47.6 Å². The number of nitrogens with zero attached hydrogens (tertiary/aromatic N) is 2. The van der Waals surface area contributed by atoms with E-state index in [0.717, 1.165) is 36.9 Å². The van der Waals surface area contributed by atoms with Crippen LogP contribution in [0, 0.1) is 5.82 Å². The van der Waals surface area contributed by atoms with E-state index < -0.39 is 0 Å². The number of fused-ring (bicyclic) bond motifs is 1. The zero-order valence-electron chi connectivity index (χ0n) is 15.0. The third-order valence-electron chi connectivity index (χ3n) is 4.65. The molecule has 3 aromatic rings. The topological polar surface area (TPSA) is 29.3 Å². The Morgan fingerprint density at radius 3 is 2.63 bits per heavy atom. The predicted octanol–water partition coefficient (Wildman–Crippen LogP) is 5.76. The van der Waals surface area contributed by atoms with Gasteiger partial charge in [0.1, 0.15) is 0 Å².